The van der Waals surface area contributed by atoms with E-state index in [1.807, 2.05) is 0 Å². The van der Waals surface area contributed by atoms with Crippen LogP contribution in [0.25, 0.3) is 0 Å². The molecule has 0 radical (unpaired) electrons. The van der Waals surface area contributed by atoms with Crippen LogP contribution in [-0.2, 0) is 9.59 Å². The lowest BCUT2D eigenvalue weighted by Gasteiger charge is -2.09. The molecule has 0 heterocycles. The molecule has 0 aliphatic carbocycles. The molecule has 28 heavy (non-hydrogen) atoms. The monoisotopic (exact) mass is 385 g/mol. The second kappa shape index (κ2) is 10.6. The molecule has 2 amide bonds. The lowest BCUT2D eigenvalue weighted by atomic mass is 10.2. The summed E-state index contributed by atoms with van der Waals surface area (Å²) in [6.45, 7) is 0. The number of carbonyl (C=O) groups excluding carboxylic acids is 2. The lowest BCUT2D eigenvalue weighted by molar-refractivity contribution is -0.124. The van der Waals surface area contributed by atoms with Crippen LogP contribution in [0.5, 0.6) is 17.2 Å². The number of carbonyl (C=O) groups is 2. The molecule has 2 aromatic rings. The number of amides is 2. The summed E-state index contributed by atoms with van der Waals surface area (Å²) in [6.07, 6.45) is 1.51. The number of hydrogen-bond acceptors (Lipinski definition) is 6. The van der Waals surface area contributed by atoms with Crippen LogP contribution in [0.3, 0.4) is 0 Å². The molecule has 0 fully saturated rings. The van der Waals surface area contributed by atoms with Gasteiger partial charge in [-0.15, -0.1) is 0 Å². The van der Waals surface area contributed by atoms with Gasteiger partial charge in [0.15, 0.2) is 11.5 Å². The van der Waals surface area contributed by atoms with Crippen LogP contribution in [0, 0.1) is 0 Å². The summed E-state index contributed by atoms with van der Waals surface area (Å²) < 4.78 is 15.5. The Kier molecular flexibility index (Phi) is 7.83. The van der Waals surface area contributed by atoms with E-state index in [2.05, 4.69) is 15.8 Å². The highest BCUT2D eigenvalue weighted by molar-refractivity contribution is 5.94. The second-order valence-corrected chi connectivity index (χ2v) is 5.66. The van der Waals surface area contributed by atoms with Gasteiger partial charge in [-0.1, -0.05) is 12.1 Å². The lowest BCUT2D eigenvalue weighted by Crippen LogP contribution is -2.20. The van der Waals surface area contributed by atoms with E-state index in [9.17, 15) is 9.59 Å². The van der Waals surface area contributed by atoms with Crippen molar-refractivity contribution in [1.29, 1.82) is 0 Å². The largest absolute Gasteiger partial charge is 0.495 e. The number of hydrazone groups is 1. The molecule has 148 valence electrons. The van der Waals surface area contributed by atoms with Crippen molar-refractivity contribution in [3.63, 3.8) is 0 Å². The fraction of sp³-hybridized carbons (Fsp3) is 0.250. The first-order valence-electron chi connectivity index (χ1n) is 8.54. The average molecular weight is 385 g/mol. The SMILES string of the molecule is COc1ccccc1NC(=O)CCC(=O)NN=Cc1ccc(OC)c(OC)c1. The van der Waals surface area contributed by atoms with Crippen molar-refractivity contribution < 1.29 is 23.8 Å². The number of nitrogens with zero attached hydrogens (tertiary/aromatic N) is 1. The summed E-state index contributed by atoms with van der Waals surface area (Å²) in [5, 5.41) is 6.60. The van der Waals surface area contributed by atoms with Crippen molar-refractivity contribution in [2.75, 3.05) is 26.6 Å². The Morgan fingerprint density at radius 2 is 1.57 bits per heavy atom. The summed E-state index contributed by atoms with van der Waals surface area (Å²) in [5.41, 5.74) is 3.68. The maximum atomic E-state index is 12.0. The number of para-hydroxylation sites is 2. The standard InChI is InChI=1S/C20H23N3O5/c1-26-16-7-5-4-6-15(16)22-19(24)10-11-20(25)23-21-13-14-8-9-17(27-2)18(12-14)28-3/h4-9,12-13H,10-11H2,1-3H3,(H,22,24)(H,23,25). The Labute approximate surface area is 163 Å². The Hall–Kier alpha value is -3.55. The molecule has 2 N–H and O–H groups in total. The Morgan fingerprint density at radius 1 is 0.893 bits per heavy atom. The highest BCUT2D eigenvalue weighted by Crippen LogP contribution is 2.26. The van der Waals surface area contributed by atoms with Gasteiger partial charge < -0.3 is 19.5 Å². The molecule has 2 rings (SSSR count). The van der Waals surface area contributed by atoms with Crippen LogP contribution in [0.2, 0.25) is 0 Å². The first kappa shape index (κ1) is 20.8. The quantitative estimate of drug-likeness (QED) is 0.511. The molecule has 0 bridgehead atoms. The molecule has 0 spiro atoms. The van der Waals surface area contributed by atoms with Crippen LogP contribution < -0.4 is 25.0 Å². The summed E-state index contributed by atoms with van der Waals surface area (Å²) >= 11 is 0. The number of hydrogen-bond donors (Lipinski definition) is 2. The van der Waals surface area contributed by atoms with E-state index in [0.717, 1.165) is 5.56 Å². The topological polar surface area (TPSA) is 98.2 Å². The van der Waals surface area contributed by atoms with E-state index in [4.69, 9.17) is 14.2 Å². The number of rotatable bonds is 9. The van der Waals surface area contributed by atoms with Gasteiger partial charge in [0, 0.05) is 12.8 Å². The van der Waals surface area contributed by atoms with Crippen LogP contribution in [0.15, 0.2) is 47.6 Å². The summed E-state index contributed by atoms with van der Waals surface area (Å²) in [6, 6.07) is 12.3. The van der Waals surface area contributed by atoms with Gasteiger partial charge >= 0.3 is 0 Å². The molecule has 0 aliphatic rings. The fourth-order valence-electron chi connectivity index (χ4n) is 2.36. The van der Waals surface area contributed by atoms with Gasteiger partial charge in [-0.3, -0.25) is 9.59 Å². The zero-order valence-corrected chi connectivity index (χ0v) is 16.0. The number of methoxy groups -OCH3 is 3. The third-order valence-electron chi connectivity index (χ3n) is 3.77. The Balaban J connectivity index is 1.81. The van der Waals surface area contributed by atoms with Gasteiger partial charge in [0.1, 0.15) is 5.75 Å². The average Bonchev–Trinajstić information content (AvgIpc) is 2.72. The van der Waals surface area contributed by atoms with Crippen molar-refractivity contribution in [2.45, 2.75) is 12.8 Å². The third-order valence-corrected chi connectivity index (χ3v) is 3.77. The molecule has 0 saturated heterocycles. The maximum Gasteiger partial charge on any atom is 0.240 e. The molecule has 0 unspecified atom stereocenters. The number of benzene rings is 2. The van der Waals surface area contributed by atoms with Crippen molar-refractivity contribution >= 4 is 23.7 Å². The van der Waals surface area contributed by atoms with Gasteiger partial charge in [0.05, 0.1) is 33.2 Å². The van der Waals surface area contributed by atoms with Crippen LogP contribution in [0.1, 0.15) is 18.4 Å². The van der Waals surface area contributed by atoms with Gasteiger partial charge in [0.25, 0.3) is 0 Å². The molecular weight excluding hydrogens is 362 g/mol. The Morgan fingerprint density at radius 3 is 2.29 bits per heavy atom. The molecule has 0 aromatic heterocycles. The smallest absolute Gasteiger partial charge is 0.240 e. The summed E-state index contributed by atoms with van der Waals surface area (Å²) in [7, 11) is 4.61. The van der Waals surface area contributed by atoms with Gasteiger partial charge in [-0.05, 0) is 35.9 Å². The second-order valence-electron chi connectivity index (χ2n) is 5.66. The number of nitrogens with one attached hydrogen (secondary N) is 2. The van der Waals surface area contributed by atoms with Crippen molar-refractivity contribution in [1.82, 2.24) is 5.43 Å². The number of ether oxygens (including phenoxy) is 3. The molecular formula is C20H23N3O5. The Bertz CT molecular complexity index is 851. The molecule has 0 aliphatic heterocycles. The van der Waals surface area contributed by atoms with E-state index in [1.165, 1.54) is 20.4 Å². The van der Waals surface area contributed by atoms with Crippen LogP contribution in [-0.4, -0.2) is 39.4 Å². The fourth-order valence-corrected chi connectivity index (χ4v) is 2.36. The van der Waals surface area contributed by atoms with Crippen LogP contribution >= 0.6 is 0 Å². The molecule has 8 heteroatoms. The van der Waals surface area contributed by atoms with E-state index in [-0.39, 0.29) is 24.7 Å². The molecule has 2 aromatic carbocycles. The predicted molar refractivity (Wildman–Crippen MR) is 106 cm³/mol. The van der Waals surface area contributed by atoms with Gasteiger partial charge in [0.2, 0.25) is 11.8 Å². The minimum absolute atomic E-state index is 0.00422. The highest BCUT2D eigenvalue weighted by atomic mass is 16.5. The van der Waals surface area contributed by atoms with Crippen molar-refractivity contribution in [2.24, 2.45) is 5.10 Å². The normalized spacial score (nSPS) is 10.4. The zero-order chi connectivity index (χ0) is 20.4. The zero-order valence-electron chi connectivity index (χ0n) is 16.0. The molecule has 8 nitrogen and oxygen atoms in total. The van der Waals surface area contributed by atoms with Crippen LogP contribution in [0.4, 0.5) is 5.69 Å². The van der Waals surface area contributed by atoms with Gasteiger partial charge in [-0.2, -0.15) is 5.10 Å². The first-order chi connectivity index (χ1) is 13.6. The number of anilines is 1. The first-order valence-corrected chi connectivity index (χ1v) is 8.54. The highest BCUT2D eigenvalue weighted by Gasteiger charge is 2.09. The molecule has 0 saturated carbocycles. The van der Waals surface area contributed by atoms with Gasteiger partial charge in [-0.25, -0.2) is 5.43 Å². The summed E-state index contributed by atoms with van der Waals surface area (Å²) in [4.78, 5) is 23.9. The minimum Gasteiger partial charge on any atom is -0.495 e. The summed E-state index contributed by atoms with van der Waals surface area (Å²) in [5.74, 6) is 1.06. The molecule has 0 atom stereocenters. The van der Waals surface area contributed by atoms with Crippen molar-refractivity contribution in [3.05, 3.63) is 48.0 Å². The third kappa shape index (κ3) is 6.01. The van der Waals surface area contributed by atoms with Crippen molar-refractivity contribution in [3.8, 4) is 17.2 Å². The minimum atomic E-state index is -0.369. The van der Waals surface area contributed by atoms with E-state index in [1.54, 1.807) is 49.6 Å². The van der Waals surface area contributed by atoms with E-state index < -0.39 is 0 Å². The van der Waals surface area contributed by atoms with E-state index in [0.29, 0.717) is 22.9 Å². The predicted octanol–water partition coefficient (Wildman–Crippen LogP) is 2.58. The van der Waals surface area contributed by atoms with E-state index >= 15 is 0 Å². The maximum absolute atomic E-state index is 12.0.